The molecule has 0 aliphatic carbocycles. The topological polar surface area (TPSA) is 29.5 Å². The maximum Gasteiger partial charge on any atom is 0.226 e. The Labute approximate surface area is 114 Å². The monoisotopic (exact) mass is 265 g/mol. The second-order valence-electron chi connectivity index (χ2n) is 4.66. The Kier molecular flexibility index (Phi) is 4.66. The lowest BCUT2D eigenvalue weighted by molar-refractivity contribution is -0.132. The number of likely N-dealkylation sites (tertiary alicyclic amines) is 1. The van der Waals surface area contributed by atoms with Crippen LogP contribution >= 0.6 is 12.6 Å². The molecule has 98 valence electrons. The van der Waals surface area contributed by atoms with Gasteiger partial charge in [0.2, 0.25) is 5.91 Å². The standard InChI is InChI=1S/C14H19NO2S/c1-17-12-6-8-15(9-7-12)14(16)10-11-2-4-13(18)5-3-11/h2-5,12,18H,6-10H2,1H3. The van der Waals surface area contributed by atoms with Crippen molar-refractivity contribution >= 4 is 18.5 Å². The van der Waals surface area contributed by atoms with Gasteiger partial charge in [-0.1, -0.05) is 12.1 Å². The van der Waals surface area contributed by atoms with Gasteiger partial charge in [-0.3, -0.25) is 4.79 Å². The van der Waals surface area contributed by atoms with E-state index in [4.69, 9.17) is 4.74 Å². The normalized spacial score (nSPS) is 16.9. The molecule has 2 rings (SSSR count). The van der Waals surface area contributed by atoms with Crippen LogP contribution in [0.2, 0.25) is 0 Å². The van der Waals surface area contributed by atoms with Crippen molar-refractivity contribution in [3.05, 3.63) is 29.8 Å². The largest absolute Gasteiger partial charge is 0.381 e. The highest BCUT2D eigenvalue weighted by atomic mass is 32.1. The number of rotatable bonds is 3. The molecule has 1 fully saturated rings. The smallest absolute Gasteiger partial charge is 0.226 e. The fourth-order valence-electron chi connectivity index (χ4n) is 2.24. The van der Waals surface area contributed by atoms with Crippen LogP contribution in [0.5, 0.6) is 0 Å². The van der Waals surface area contributed by atoms with Gasteiger partial charge in [-0.25, -0.2) is 0 Å². The van der Waals surface area contributed by atoms with Crippen LogP contribution in [0.4, 0.5) is 0 Å². The summed E-state index contributed by atoms with van der Waals surface area (Å²) in [7, 11) is 1.74. The Hall–Kier alpha value is -1.00. The van der Waals surface area contributed by atoms with Gasteiger partial charge in [0.1, 0.15) is 0 Å². The molecule has 3 nitrogen and oxygen atoms in total. The van der Waals surface area contributed by atoms with Crippen LogP contribution in [0, 0.1) is 0 Å². The molecule has 0 radical (unpaired) electrons. The van der Waals surface area contributed by atoms with E-state index in [1.54, 1.807) is 7.11 Å². The van der Waals surface area contributed by atoms with Gasteiger partial charge in [-0.2, -0.15) is 0 Å². The number of thiol groups is 1. The van der Waals surface area contributed by atoms with Crippen molar-refractivity contribution in [1.29, 1.82) is 0 Å². The Morgan fingerprint density at radius 1 is 1.33 bits per heavy atom. The van der Waals surface area contributed by atoms with Crippen LogP contribution in [0.25, 0.3) is 0 Å². The molecule has 0 saturated carbocycles. The SMILES string of the molecule is COC1CCN(C(=O)Cc2ccc(S)cc2)CC1. The summed E-state index contributed by atoms with van der Waals surface area (Å²) in [5.41, 5.74) is 1.05. The molecule has 1 saturated heterocycles. The maximum absolute atomic E-state index is 12.1. The van der Waals surface area contributed by atoms with Crippen molar-refractivity contribution in [3.63, 3.8) is 0 Å². The van der Waals surface area contributed by atoms with E-state index < -0.39 is 0 Å². The van der Waals surface area contributed by atoms with Crippen LogP contribution < -0.4 is 0 Å². The highest BCUT2D eigenvalue weighted by Gasteiger charge is 2.22. The van der Waals surface area contributed by atoms with E-state index in [-0.39, 0.29) is 5.91 Å². The number of carbonyl (C=O) groups excluding carboxylic acids is 1. The number of piperidine rings is 1. The van der Waals surface area contributed by atoms with Crippen LogP contribution in [-0.4, -0.2) is 37.1 Å². The Bertz CT molecular complexity index is 397. The average Bonchev–Trinajstić information content (AvgIpc) is 2.41. The third-order valence-corrected chi connectivity index (χ3v) is 3.72. The molecule has 0 unspecified atom stereocenters. The van der Waals surface area contributed by atoms with Crippen molar-refractivity contribution < 1.29 is 9.53 Å². The number of amides is 1. The first-order chi connectivity index (χ1) is 8.69. The number of hydrogen-bond acceptors (Lipinski definition) is 3. The zero-order valence-corrected chi connectivity index (χ0v) is 11.5. The molecule has 1 aromatic rings. The fourth-order valence-corrected chi connectivity index (χ4v) is 2.39. The predicted molar refractivity (Wildman–Crippen MR) is 74.0 cm³/mol. The number of carbonyl (C=O) groups is 1. The van der Waals surface area contributed by atoms with Gasteiger partial charge in [0.05, 0.1) is 12.5 Å². The third kappa shape index (κ3) is 3.50. The van der Waals surface area contributed by atoms with Gasteiger partial charge in [-0.05, 0) is 30.5 Å². The average molecular weight is 265 g/mol. The summed E-state index contributed by atoms with van der Waals surface area (Å²) >= 11 is 4.24. The van der Waals surface area contributed by atoms with E-state index in [1.165, 1.54) is 0 Å². The molecular weight excluding hydrogens is 246 g/mol. The number of ether oxygens (including phenoxy) is 1. The summed E-state index contributed by atoms with van der Waals surface area (Å²) in [6, 6.07) is 7.76. The molecule has 1 heterocycles. The van der Waals surface area contributed by atoms with Gasteiger partial charge in [-0.15, -0.1) is 12.6 Å². The highest BCUT2D eigenvalue weighted by Crippen LogP contribution is 2.15. The van der Waals surface area contributed by atoms with Crippen molar-refractivity contribution in [2.75, 3.05) is 20.2 Å². The maximum atomic E-state index is 12.1. The molecule has 18 heavy (non-hydrogen) atoms. The molecule has 0 bridgehead atoms. The van der Waals surface area contributed by atoms with Gasteiger partial charge in [0, 0.05) is 25.1 Å². The zero-order chi connectivity index (χ0) is 13.0. The quantitative estimate of drug-likeness (QED) is 0.849. The minimum absolute atomic E-state index is 0.205. The molecule has 0 spiro atoms. The first kappa shape index (κ1) is 13.4. The summed E-state index contributed by atoms with van der Waals surface area (Å²) in [5, 5.41) is 0. The van der Waals surface area contributed by atoms with Crippen LogP contribution in [0.15, 0.2) is 29.2 Å². The van der Waals surface area contributed by atoms with Crippen LogP contribution in [0.3, 0.4) is 0 Å². The molecule has 0 N–H and O–H groups in total. The fraction of sp³-hybridized carbons (Fsp3) is 0.500. The van der Waals surface area contributed by atoms with Gasteiger partial charge >= 0.3 is 0 Å². The lowest BCUT2D eigenvalue weighted by Gasteiger charge is -2.31. The molecule has 1 aliphatic rings. The van der Waals surface area contributed by atoms with Crippen molar-refractivity contribution in [2.45, 2.75) is 30.3 Å². The molecule has 1 aliphatic heterocycles. The van der Waals surface area contributed by atoms with Gasteiger partial charge in [0.25, 0.3) is 0 Å². The summed E-state index contributed by atoms with van der Waals surface area (Å²) in [6.07, 6.45) is 2.68. The van der Waals surface area contributed by atoms with Crippen LogP contribution in [-0.2, 0) is 16.0 Å². The molecule has 4 heteroatoms. The van der Waals surface area contributed by atoms with E-state index in [0.29, 0.717) is 12.5 Å². The van der Waals surface area contributed by atoms with Gasteiger partial charge in [0.15, 0.2) is 0 Å². The van der Waals surface area contributed by atoms with E-state index in [2.05, 4.69) is 12.6 Å². The highest BCUT2D eigenvalue weighted by molar-refractivity contribution is 7.80. The molecule has 1 amide bonds. The number of nitrogens with zero attached hydrogens (tertiary/aromatic N) is 1. The summed E-state index contributed by atoms with van der Waals surface area (Å²) < 4.78 is 5.30. The summed E-state index contributed by atoms with van der Waals surface area (Å²) in [5.74, 6) is 0.205. The molecule has 0 atom stereocenters. The molecular formula is C14H19NO2S. The predicted octanol–water partition coefficient (Wildman–Crippen LogP) is 2.16. The minimum Gasteiger partial charge on any atom is -0.381 e. The Morgan fingerprint density at radius 2 is 1.94 bits per heavy atom. The van der Waals surface area contributed by atoms with E-state index in [9.17, 15) is 4.79 Å². The second-order valence-corrected chi connectivity index (χ2v) is 5.18. The second kappa shape index (κ2) is 6.25. The minimum atomic E-state index is 0.205. The zero-order valence-electron chi connectivity index (χ0n) is 10.6. The van der Waals surface area contributed by atoms with E-state index in [0.717, 1.165) is 36.4 Å². The Balaban J connectivity index is 1.87. The summed E-state index contributed by atoms with van der Waals surface area (Å²) in [4.78, 5) is 15.0. The number of methoxy groups -OCH3 is 1. The van der Waals surface area contributed by atoms with E-state index >= 15 is 0 Å². The van der Waals surface area contributed by atoms with Crippen molar-refractivity contribution in [2.24, 2.45) is 0 Å². The first-order valence-corrected chi connectivity index (χ1v) is 6.72. The van der Waals surface area contributed by atoms with Gasteiger partial charge < -0.3 is 9.64 Å². The molecule has 0 aromatic heterocycles. The van der Waals surface area contributed by atoms with Crippen molar-refractivity contribution in [3.8, 4) is 0 Å². The third-order valence-electron chi connectivity index (χ3n) is 3.42. The summed E-state index contributed by atoms with van der Waals surface area (Å²) in [6.45, 7) is 1.62. The number of benzene rings is 1. The van der Waals surface area contributed by atoms with Crippen LogP contribution in [0.1, 0.15) is 18.4 Å². The van der Waals surface area contributed by atoms with Crippen molar-refractivity contribution in [1.82, 2.24) is 4.90 Å². The Morgan fingerprint density at radius 3 is 2.50 bits per heavy atom. The lowest BCUT2D eigenvalue weighted by Crippen LogP contribution is -2.41. The first-order valence-electron chi connectivity index (χ1n) is 6.27. The number of hydrogen-bond donors (Lipinski definition) is 1. The van der Waals surface area contributed by atoms with E-state index in [1.807, 2.05) is 29.2 Å². The lowest BCUT2D eigenvalue weighted by atomic mass is 10.1. The molecule has 1 aromatic carbocycles.